The Bertz CT molecular complexity index is 443. The lowest BCUT2D eigenvalue weighted by Gasteiger charge is -2.45. The summed E-state index contributed by atoms with van der Waals surface area (Å²) in [5, 5.41) is 9.58. The number of hydrogen-bond donors (Lipinski definition) is 1. The van der Waals surface area contributed by atoms with Crippen LogP contribution in [0.1, 0.15) is 32.6 Å². The lowest BCUT2D eigenvalue weighted by molar-refractivity contribution is -0.251. The molecule has 3 atom stereocenters. The van der Waals surface area contributed by atoms with Crippen molar-refractivity contribution in [2.24, 2.45) is 5.92 Å². The Kier molecular flexibility index (Phi) is 3.33. The van der Waals surface area contributed by atoms with Crippen molar-refractivity contribution in [3.63, 3.8) is 0 Å². The van der Waals surface area contributed by atoms with Crippen LogP contribution < -0.4 is 0 Å². The van der Waals surface area contributed by atoms with Crippen LogP contribution in [-0.2, 0) is 14.3 Å². The van der Waals surface area contributed by atoms with E-state index in [1.54, 1.807) is 0 Å². The highest BCUT2D eigenvalue weighted by Gasteiger charge is 2.44. The maximum absolute atomic E-state index is 11.8. The average Bonchev–Trinajstić information content (AvgIpc) is 2.41. The molecule has 0 bridgehead atoms. The molecule has 1 fully saturated rings. The van der Waals surface area contributed by atoms with Crippen LogP contribution in [0.25, 0.3) is 0 Å². The summed E-state index contributed by atoms with van der Waals surface area (Å²) in [5.74, 6) is -0.573. The summed E-state index contributed by atoms with van der Waals surface area (Å²) in [6.07, 6.45) is 7.01. The Morgan fingerprint density at radius 3 is 3.00 bits per heavy atom. The second-order valence-electron chi connectivity index (χ2n) is 5.66. The second kappa shape index (κ2) is 4.85. The molecule has 0 aromatic carbocycles. The Morgan fingerprint density at radius 2 is 2.32 bits per heavy atom. The van der Waals surface area contributed by atoms with Gasteiger partial charge in [0.15, 0.2) is 11.6 Å². The van der Waals surface area contributed by atoms with E-state index in [4.69, 9.17) is 9.47 Å². The fraction of sp³-hybridized carbons (Fsp3) is 0.667. The molecular formula is C15H20O4. The number of aliphatic hydroxyl groups is 1. The Morgan fingerprint density at radius 1 is 1.47 bits per heavy atom. The first kappa shape index (κ1) is 13.0. The summed E-state index contributed by atoms with van der Waals surface area (Å²) < 4.78 is 12.0. The number of hydrogen-bond acceptors (Lipinski definition) is 4. The van der Waals surface area contributed by atoms with Gasteiger partial charge in [-0.1, -0.05) is 0 Å². The molecule has 104 valence electrons. The molecule has 0 unspecified atom stereocenters. The van der Waals surface area contributed by atoms with E-state index in [0.29, 0.717) is 13.0 Å². The normalized spacial score (nSPS) is 38.7. The van der Waals surface area contributed by atoms with E-state index in [1.807, 2.05) is 19.1 Å². The van der Waals surface area contributed by atoms with Gasteiger partial charge >= 0.3 is 0 Å². The number of carbonyl (C=O) groups is 1. The number of Topliss-reactive ketones (excluding diaryl/α,β-unsaturated/α-hetero) is 1. The van der Waals surface area contributed by atoms with Gasteiger partial charge in [-0.15, -0.1) is 0 Å². The third-order valence-corrected chi connectivity index (χ3v) is 4.32. The first-order valence-corrected chi connectivity index (χ1v) is 6.99. The Balaban J connectivity index is 1.94. The maximum Gasteiger partial charge on any atom is 0.188 e. The van der Waals surface area contributed by atoms with Crippen LogP contribution in [-0.4, -0.2) is 36.0 Å². The van der Waals surface area contributed by atoms with E-state index in [-0.39, 0.29) is 24.4 Å². The molecule has 2 aliphatic heterocycles. The number of ketones is 1. The number of rotatable bonds is 1. The fourth-order valence-corrected chi connectivity index (χ4v) is 3.20. The van der Waals surface area contributed by atoms with Crippen molar-refractivity contribution in [3.8, 4) is 0 Å². The van der Waals surface area contributed by atoms with Gasteiger partial charge in [0.05, 0.1) is 19.3 Å². The summed E-state index contributed by atoms with van der Waals surface area (Å²) in [4.78, 5) is 11.8. The minimum Gasteiger partial charge on any atom is -0.392 e. The van der Waals surface area contributed by atoms with E-state index in [1.165, 1.54) is 0 Å². The van der Waals surface area contributed by atoms with Crippen LogP contribution in [0.5, 0.6) is 0 Å². The van der Waals surface area contributed by atoms with Crippen LogP contribution in [0.4, 0.5) is 0 Å². The van der Waals surface area contributed by atoms with Gasteiger partial charge in [0, 0.05) is 18.8 Å². The number of allylic oxidation sites excluding steroid dienone is 1. The number of aliphatic hydroxyl groups excluding tert-OH is 1. The molecule has 3 aliphatic rings. The third-order valence-electron chi connectivity index (χ3n) is 4.32. The number of fused-ring (bicyclic) bond motifs is 1. The van der Waals surface area contributed by atoms with Crippen molar-refractivity contribution < 1.29 is 19.4 Å². The van der Waals surface area contributed by atoms with Crippen LogP contribution >= 0.6 is 0 Å². The highest BCUT2D eigenvalue weighted by atomic mass is 16.7. The summed E-state index contributed by atoms with van der Waals surface area (Å²) in [6.45, 7) is 2.48. The predicted octanol–water partition coefficient (Wildman–Crippen LogP) is 1.74. The molecule has 0 radical (unpaired) electrons. The van der Waals surface area contributed by atoms with E-state index >= 15 is 0 Å². The summed E-state index contributed by atoms with van der Waals surface area (Å²) in [6, 6.07) is 0. The molecule has 0 aromatic rings. The fourth-order valence-electron chi connectivity index (χ4n) is 3.20. The van der Waals surface area contributed by atoms with Gasteiger partial charge in [-0.05, 0) is 43.1 Å². The zero-order valence-corrected chi connectivity index (χ0v) is 11.2. The lowest BCUT2D eigenvalue weighted by Crippen LogP contribution is -2.48. The molecule has 0 aromatic heterocycles. The quantitative estimate of drug-likeness (QED) is 0.733. The SMILES string of the molecule is CC1=C[C@H]2O[C@]3(C=C(CO)[C@H]2CC1=O)CCCCO3. The van der Waals surface area contributed by atoms with Gasteiger partial charge in [0.2, 0.25) is 0 Å². The van der Waals surface area contributed by atoms with Crippen LogP contribution in [0, 0.1) is 5.92 Å². The van der Waals surface area contributed by atoms with E-state index in [9.17, 15) is 9.90 Å². The largest absolute Gasteiger partial charge is 0.392 e. The molecule has 19 heavy (non-hydrogen) atoms. The monoisotopic (exact) mass is 264 g/mol. The topological polar surface area (TPSA) is 55.8 Å². The molecule has 1 aliphatic carbocycles. The first-order valence-electron chi connectivity index (χ1n) is 6.99. The zero-order valence-electron chi connectivity index (χ0n) is 11.2. The molecule has 4 nitrogen and oxygen atoms in total. The molecular weight excluding hydrogens is 244 g/mol. The minimum atomic E-state index is -0.686. The highest BCUT2D eigenvalue weighted by molar-refractivity contribution is 5.96. The summed E-state index contributed by atoms with van der Waals surface area (Å²) >= 11 is 0. The minimum absolute atomic E-state index is 0.0302. The molecule has 4 heteroatoms. The first-order chi connectivity index (χ1) is 9.13. The second-order valence-corrected chi connectivity index (χ2v) is 5.66. The molecule has 1 saturated heterocycles. The van der Waals surface area contributed by atoms with Crippen molar-refractivity contribution in [2.75, 3.05) is 13.2 Å². The van der Waals surface area contributed by atoms with E-state index in [0.717, 1.165) is 30.4 Å². The highest BCUT2D eigenvalue weighted by Crippen LogP contribution is 2.41. The molecule has 0 amide bonds. The molecule has 1 spiro atoms. The van der Waals surface area contributed by atoms with Crippen LogP contribution in [0.3, 0.4) is 0 Å². The summed E-state index contributed by atoms with van der Waals surface area (Å²) in [5.41, 5.74) is 1.64. The third kappa shape index (κ3) is 2.29. The smallest absolute Gasteiger partial charge is 0.188 e. The molecule has 0 saturated carbocycles. The van der Waals surface area contributed by atoms with Crippen molar-refractivity contribution in [1.82, 2.24) is 0 Å². The van der Waals surface area contributed by atoms with E-state index < -0.39 is 5.79 Å². The van der Waals surface area contributed by atoms with Gasteiger partial charge in [0.1, 0.15) is 0 Å². The molecule has 3 rings (SSSR count). The van der Waals surface area contributed by atoms with Crippen LogP contribution in [0.15, 0.2) is 23.3 Å². The zero-order chi connectivity index (χ0) is 13.5. The lowest BCUT2D eigenvalue weighted by atomic mass is 9.78. The van der Waals surface area contributed by atoms with Crippen molar-refractivity contribution in [3.05, 3.63) is 23.3 Å². The van der Waals surface area contributed by atoms with Gasteiger partial charge < -0.3 is 14.6 Å². The summed E-state index contributed by atoms with van der Waals surface area (Å²) in [7, 11) is 0. The van der Waals surface area contributed by atoms with Crippen LogP contribution in [0.2, 0.25) is 0 Å². The average molecular weight is 264 g/mol. The van der Waals surface area contributed by atoms with E-state index in [2.05, 4.69) is 0 Å². The van der Waals surface area contributed by atoms with Crippen molar-refractivity contribution in [1.29, 1.82) is 0 Å². The molecule has 1 N–H and O–H groups in total. The van der Waals surface area contributed by atoms with Gasteiger partial charge in [-0.2, -0.15) is 0 Å². The van der Waals surface area contributed by atoms with Gasteiger partial charge in [0.25, 0.3) is 0 Å². The molecule has 2 heterocycles. The Labute approximate surface area is 113 Å². The standard InChI is InChI=1S/C15H20O4/c1-10-6-14-12(7-13(10)17)11(9-16)8-15(19-14)4-2-3-5-18-15/h6,8,12,14,16H,2-5,7,9H2,1H3/t12-,14-,15+/m1/s1. The van der Waals surface area contributed by atoms with Crippen molar-refractivity contribution >= 4 is 5.78 Å². The van der Waals surface area contributed by atoms with Gasteiger partial charge in [-0.25, -0.2) is 0 Å². The number of ether oxygens (including phenoxy) is 2. The predicted molar refractivity (Wildman–Crippen MR) is 69.4 cm³/mol. The van der Waals surface area contributed by atoms with Gasteiger partial charge in [-0.3, -0.25) is 4.79 Å². The number of carbonyl (C=O) groups excluding carboxylic acids is 1. The Hall–Kier alpha value is -0.970. The maximum atomic E-state index is 11.8. The van der Waals surface area contributed by atoms with Crippen molar-refractivity contribution in [2.45, 2.75) is 44.5 Å².